The largest absolute Gasteiger partial charge is 0.492 e. The fraction of sp³-hybridized carbons (Fsp3) is 0.375. The first kappa shape index (κ1) is 12.4. The summed E-state index contributed by atoms with van der Waals surface area (Å²) in [7, 11) is 0. The van der Waals surface area contributed by atoms with Gasteiger partial charge >= 0.3 is 0 Å². The van der Waals surface area contributed by atoms with Gasteiger partial charge in [-0.3, -0.25) is 9.89 Å². The van der Waals surface area contributed by atoms with Crippen molar-refractivity contribution in [2.24, 2.45) is 0 Å². The van der Waals surface area contributed by atoms with E-state index < -0.39 is 0 Å². The molecule has 1 aliphatic carbocycles. The summed E-state index contributed by atoms with van der Waals surface area (Å²) in [5.41, 5.74) is 0.457. The predicted molar refractivity (Wildman–Crippen MR) is 80.8 cm³/mol. The summed E-state index contributed by atoms with van der Waals surface area (Å²) in [6.45, 7) is 0. The molecule has 5 heteroatoms. The molecule has 0 radical (unpaired) electrons. The smallest absolute Gasteiger partial charge is 0.270 e. The number of imidazole rings is 1. The third kappa shape index (κ3) is 1.84. The molecule has 5 nitrogen and oxygen atoms in total. The Labute approximate surface area is 121 Å². The van der Waals surface area contributed by atoms with Crippen molar-refractivity contribution >= 4 is 16.3 Å². The Balaban J connectivity index is 2.04. The van der Waals surface area contributed by atoms with Crippen LogP contribution in [0.5, 0.6) is 5.88 Å². The maximum atomic E-state index is 12.3. The van der Waals surface area contributed by atoms with Crippen molar-refractivity contribution in [2.75, 3.05) is 0 Å². The van der Waals surface area contributed by atoms with E-state index in [1.54, 1.807) is 10.6 Å². The second kappa shape index (κ2) is 4.62. The highest BCUT2D eigenvalue weighted by Crippen LogP contribution is 2.35. The highest BCUT2D eigenvalue weighted by Gasteiger charge is 2.23. The fourth-order valence-corrected chi connectivity index (χ4v) is 3.46. The summed E-state index contributed by atoms with van der Waals surface area (Å²) in [4.78, 5) is 16.6. The van der Waals surface area contributed by atoms with Crippen molar-refractivity contribution in [3.8, 4) is 5.88 Å². The minimum absolute atomic E-state index is 0.00280. The van der Waals surface area contributed by atoms with Gasteiger partial charge in [0.25, 0.3) is 5.56 Å². The molecule has 0 amide bonds. The molecule has 21 heavy (non-hydrogen) atoms. The van der Waals surface area contributed by atoms with Crippen LogP contribution in [0.1, 0.15) is 43.8 Å². The van der Waals surface area contributed by atoms with Crippen LogP contribution < -0.4 is 5.56 Å². The van der Waals surface area contributed by atoms with Crippen LogP contribution in [-0.4, -0.2) is 19.7 Å². The van der Waals surface area contributed by atoms with Gasteiger partial charge in [0, 0.05) is 11.3 Å². The number of benzene rings is 1. The summed E-state index contributed by atoms with van der Waals surface area (Å²) in [6.07, 6.45) is 5.74. The zero-order valence-electron chi connectivity index (χ0n) is 11.7. The number of H-pyrrole nitrogens is 1. The van der Waals surface area contributed by atoms with Crippen molar-refractivity contribution in [2.45, 2.75) is 38.0 Å². The number of aromatic hydroxyl groups is 1. The van der Waals surface area contributed by atoms with Crippen molar-refractivity contribution in [3.63, 3.8) is 0 Å². The molecular formula is C16H17N3O2. The van der Waals surface area contributed by atoms with E-state index in [1.807, 2.05) is 18.2 Å². The molecule has 1 aromatic carbocycles. The summed E-state index contributed by atoms with van der Waals surface area (Å²) in [5, 5.41) is 14.4. The van der Waals surface area contributed by atoms with E-state index in [1.165, 1.54) is 19.3 Å². The van der Waals surface area contributed by atoms with E-state index in [2.05, 4.69) is 10.1 Å². The van der Waals surface area contributed by atoms with E-state index in [9.17, 15) is 9.90 Å². The summed E-state index contributed by atoms with van der Waals surface area (Å²) >= 11 is 0. The van der Waals surface area contributed by atoms with Crippen LogP contribution >= 0.6 is 0 Å². The van der Waals surface area contributed by atoms with Gasteiger partial charge in [-0.05, 0) is 18.9 Å². The Morgan fingerprint density at radius 1 is 1.14 bits per heavy atom. The van der Waals surface area contributed by atoms with Gasteiger partial charge in [0.1, 0.15) is 11.3 Å². The molecule has 2 N–H and O–H groups in total. The second-order valence-corrected chi connectivity index (χ2v) is 5.80. The molecule has 0 bridgehead atoms. The first-order valence-electron chi connectivity index (χ1n) is 7.48. The Hall–Kier alpha value is -2.30. The van der Waals surface area contributed by atoms with Gasteiger partial charge < -0.3 is 5.11 Å². The van der Waals surface area contributed by atoms with Gasteiger partial charge in [-0.2, -0.15) is 4.98 Å². The lowest BCUT2D eigenvalue weighted by atomic mass is 9.89. The van der Waals surface area contributed by atoms with Crippen molar-refractivity contribution in [1.29, 1.82) is 0 Å². The van der Waals surface area contributed by atoms with Crippen LogP contribution in [0.25, 0.3) is 16.3 Å². The SMILES string of the molecule is O=c1[nH]n2c(C3CCCCC3)nc(O)c2c2ccccc12. The normalized spacial score (nSPS) is 16.8. The van der Waals surface area contributed by atoms with Crippen molar-refractivity contribution in [3.05, 3.63) is 40.4 Å². The van der Waals surface area contributed by atoms with Gasteiger partial charge in [0.15, 0.2) is 0 Å². The van der Waals surface area contributed by atoms with Gasteiger partial charge in [0.2, 0.25) is 5.88 Å². The second-order valence-electron chi connectivity index (χ2n) is 5.80. The molecule has 0 aliphatic heterocycles. The van der Waals surface area contributed by atoms with E-state index >= 15 is 0 Å². The highest BCUT2D eigenvalue weighted by molar-refractivity contribution is 5.97. The molecule has 108 valence electrons. The number of nitrogens with one attached hydrogen (secondary N) is 1. The number of fused-ring (bicyclic) bond motifs is 3. The Morgan fingerprint density at radius 3 is 2.62 bits per heavy atom. The number of aromatic nitrogens is 3. The quantitative estimate of drug-likeness (QED) is 0.721. The molecule has 0 unspecified atom stereocenters. The number of hydrogen-bond donors (Lipinski definition) is 2. The van der Waals surface area contributed by atoms with Crippen LogP contribution in [0.15, 0.2) is 29.1 Å². The molecule has 1 aliphatic rings. The van der Waals surface area contributed by atoms with E-state index in [0.29, 0.717) is 16.8 Å². The first-order valence-corrected chi connectivity index (χ1v) is 7.48. The van der Waals surface area contributed by atoms with Crippen molar-refractivity contribution in [1.82, 2.24) is 14.6 Å². The van der Waals surface area contributed by atoms with E-state index in [-0.39, 0.29) is 11.4 Å². The molecule has 1 fully saturated rings. The van der Waals surface area contributed by atoms with Crippen LogP contribution in [0.2, 0.25) is 0 Å². The van der Waals surface area contributed by atoms with E-state index in [0.717, 1.165) is 24.1 Å². The predicted octanol–water partition coefficient (Wildman–Crippen LogP) is 2.93. The molecule has 4 rings (SSSR count). The van der Waals surface area contributed by atoms with Crippen LogP contribution in [0.4, 0.5) is 0 Å². The molecule has 2 heterocycles. The lowest BCUT2D eigenvalue weighted by Gasteiger charge is -2.20. The molecule has 1 saturated carbocycles. The minimum atomic E-state index is -0.146. The summed E-state index contributed by atoms with van der Waals surface area (Å²) in [5.74, 6) is 1.09. The van der Waals surface area contributed by atoms with Gasteiger partial charge in [-0.1, -0.05) is 37.5 Å². The van der Waals surface area contributed by atoms with E-state index in [4.69, 9.17) is 0 Å². The highest BCUT2D eigenvalue weighted by atomic mass is 16.3. The van der Waals surface area contributed by atoms with Gasteiger partial charge in [-0.25, -0.2) is 4.52 Å². The Morgan fingerprint density at radius 2 is 1.86 bits per heavy atom. The fourth-order valence-electron chi connectivity index (χ4n) is 3.46. The lowest BCUT2D eigenvalue weighted by molar-refractivity contribution is 0.417. The topological polar surface area (TPSA) is 70.4 Å². The third-order valence-electron chi connectivity index (χ3n) is 4.50. The van der Waals surface area contributed by atoms with Gasteiger partial charge in [0.05, 0.1) is 5.39 Å². The lowest BCUT2D eigenvalue weighted by Crippen LogP contribution is -2.16. The zero-order chi connectivity index (χ0) is 14.4. The van der Waals surface area contributed by atoms with Crippen LogP contribution in [0, 0.1) is 0 Å². The molecular weight excluding hydrogens is 266 g/mol. The molecule has 2 aromatic heterocycles. The average Bonchev–Trinajstić information content (AvgIpc) is 2.85. The standard InChI is InChI=1S/C16H17N3O2/c20-15-12-9-5-4-8-11(12)13-16(21)17-14(19(13)18-15)10-6-2-1-3-7-10/h4-5,8-10,21H,1-3,6-7H2,(H,18,20). The molecule has 0 spiro atoms. The Kier molecular flexibility index (Phi) is 2.74. The summed E-state index contributed by atoms with van der Waals surface area (Å²) in [6, 6.07) is 7.31. The van der Waals surface area contributed by atoms with Crippen molar-refractivity contribution < 1.29 is 5.11 Å². The number of rotatable bonds is 1. The first-order chi connectivity index (χ1) is 10.3. The molecule has 3 aromatic rings. The molecule has 0 saturated heterocycles. The molecule has 0 atom stereocenters. The number of nitrogens with zero attached hydrogens (tertiary/aromatic N) is 2. The maximum Gasteiger partial charge on any atom is 0.270 e. The monoisotopic (exact) mass is 283 g/mol. The van der Waals surface area contributed by atoms with Crippen LogP contribution in [-0.2, 0) is 0 Å². The summed E-state index contributed by atoms with van der Waals surface area (Å²) < 4.78 is 1.69. The Bertz CT molecular complexity index is 872. The average molecular weight is 283 g/mol. The van der Waals surface area contributed by atoms with Gasteiger partial charge in [-0.15, -0.1) is 0 Å². The zero-order valence-corrected chi connectivity index (χ0v) is 11.7. The minimum Gasteiger partial charge on any atom is -0.492 e. The van der Waals surface area contributed by atoms with Crippen LogP contribution in [0.3, 0.4) is 0 Å². The number of aromatic amines is 1. The number of hydrogen-bond acceptors (Lipinski definition) is 3. The third-order valence-corrected chi connectivity index (χ3v) is 4.50. The maximum absolute atomic E-state index is 12.3.